The first-order valence-corrected chi connectivity index (χ1v) is 11.7. The van der Waals surface area contributed by atoms with Gasteiger partial charge in [0.1, 0.15) is 6.54 Å². The average Bonchev–Trinajstić information content (AvgIpc) is 2.68. The summed E-state index contributed by atoms with van der Waals surface area (Å²) in [6.45, 7) is 2.62. The Balaban J connectivity index is 0. The summed E-state index contributed by atoms with van der Waals surface area (Å²) in [7, 11) is 5.85. The number of likely N-dealkylation sites (N-methyl/N-ethyl adjacent to an activating group) is 1. The SMILES string of the molecule is CC/C=C/C/C=C/C/C=C/C/C=C/C/C=C/CCCC(=O)O[C@H](CC(=O)O)C[N+](C)(C)C.[Cl-]. The molecular weight excluding hydrogens is 438 g/mol. The van der Waals surface area contributed by atoms with Crippen LogP contribution < -0.4 is 12.4 Å². The molecule has 0 saturated heterocycles. The Bertz CT molecular complexity index is 658. The minimum Gasteiger partial charge on any atom is -1.00 e. The summed E-state index contributed by atoms with van der Waals surface area (Å²) in [5.74, 6) is -1.27. The minimum absolute atomic E-state index is 0. The van der Waals surface area contributed by atoms with Crippen molar-refractivity contribution >= 4 is 11.9 Å². The highest BCUT2D eigenvalue weighted by Crippen LogP contribution is 2.08. The Morgan fingerprint density at radius 2 is 1.27 bits per heavy atom. The summed E-state index contributed by atoms with van der Waals surface area (Å²) in [5.41, 5.74) is 0. The number of quaternary nitrogens is 1. The van der Waals surface area contributed by atoms with Gasteiger partial charge in [-0.2, -0.15) is 0 Å². The van der Waals surface area contributed by atoms with Crippen molar-refractivity contribution in [2.75, 3.05) is 27.7 Å². The smallest absolute Gasteiger partial charge is 0.307 e. The van der Waals surface area contributed by atoms with E-state index in [0.29, 0.717) is 23.9 Å². The third-order valence-corrected chi connectivity index (χ3v) is 4.36. The molecule has 0 aliphatic carbocycles. The lowest BCUT2D eigenvalue weighted by atomic mass is 10.2. The van der Waals surface area contributed by atoms with E-state index in [1.54, 1.807) is 0 Å². The van der Waals surface area contributed by atoms with E-state index in [9.17, 15) is 9.59 Å². The fraction of sp³-hybridized carbons (Fsp3) is 0.556. The molecule has 0 bridgehead atoms. The molecule has 0 aromatic carbocycles. The first-order valence-electron chi connectivity index (χ1n) is 11.7. The highest BCUT2D eigenvalue weighted by molar-refractivity contribution is 5.71. The number of unbranched alkanes of at least 4 members (excludes halogenated alkanes) is 1. The van der Waals surface area contributed by atoms with Crippen LogP contribution in [0.25, 0.3) is 0 Å². The Kier molecular flexibility index (Phi) is 21.8. The fourth-order valence-corrected chi connectivity index (χ4v) is 2.93. The predicted molar refractivity (Wildman–Crippen MR) is 133 cm³/mol. The van der Waals surface area contributed by atoms with Crippen LogP contribution in [0.1, 0.15) is 64.7 Å². The number of halogens is 1. The molecule has 0 fully saturated rings. The number of hydrogen-bond donors (Lipinski definition) is 1. The molecular formula is C27H44ClNO4. The molecule has 0 unspecified atom stereocenters. The van der Waals surface area contributed by atoms with E-state index < -0.39 is 12.1 Å². The zero-order chi connectivity index (χ0) is 24.1. The van der Waals surface area contributed by atoms with Gasteiger partial charge in [0.05, 0.1) is 27.6 Å². The second-order valence-electron chi connectivity index (χ2n) is 8.78. The number of carboxylic acids is 1. The van der Waals surface area contributed by atoms with Crippen LogP contribution in [0, 0.1) is 0 Å². The standard InChI is InChI=1S/C27H43NO4.ClH/c1-5-6-7-8-9-10-11-12-13-14-15-16-17-18-19-20-21-22-27(31)32-25(23-26(29)30)24-28(2,3)4;/h6-7,9-10,12-13,15-16,18-19,25H,5,8,11,14,17,20-24H2,1-4H3;1H/b7-6+,10-9+,13-12+,16-15+,19-18+;/t25-;/m1./s1. The molecule has 5 nitrogen and oxygen atoms in total. The molecule has 0 aliphatic rings. The van der Waals surface area contributed by atoms with Gasteiger partial charge in [0.25, 0.3) is 0 Å². The van der Waals surface area contributed by atoms with Gasteiger partial charge >= 0.3 is 11.9 Å². The molecule has 0 spiro atoms. The van der Waals surface area contributed by atoms with Crippen molar-refractivity contribution < 1.29 is 36.3 Å². The third-order valence-electron chi connectivity index (χ3n) is 4.36. The molecule has 6 heteroatoms. The van der Waals surface area contributed by atoms with Gasteiger partial charge in [-0.25, -0.2) is 0 Å². The molecule has 0 aromatic rings. The summed E-state index contributed by atoms with van der Waals surface area (Å²) in [6, 6.07) is 0. The van der Waals surface area contributed by atoms with E-state index in [0.717, 1.165) is 38.5 Å². The van der Waals surface area contributed by atoms with Crippen molar-refractivity contribution in [3.8, 4) is 0 Å². The lowest BCUT2D eigenvalue weighted by Gasteiger charge is -2.28. The lowest BCUT2D eigenvalue weighted by Crippen LogP contribution is -3.00. The number of carbonyl (C=O) groups is 2. The Morgan fingerprint density at radius 1 is 0.818 bits per heavy atom. The maximum Gasteiger partial charge on any atom is 0.307 e. The van der Waals surface area contributed by atoms with Crippen LogP contribution in [0.5, 0.6) is 0 Å². The maximum atomic E-state index is 12.0. The molecule has 188 valence electrons. The molecule has 0 aliphatic heterocycles. The minimum atomic E-state index is -0.949. The zero-order valence-corrected chi connectivity index (χ0v) is 21.7. The molecule has 1 atom stereocenters. The summed E-state index contributed by atoms with van der Waals surface area (Å²) in [5, 5.41) is 9.00. The number of aliphatic carboxylic acids is 1. The number of esters is 1. The van der Waals surface area contributed by atoms with Crippen LogP contribution >= 0.6 is 0 Å². The highest BCUT2D eigenvalue weighted by atomic mass is 35.5. The van der Waals surface area contributed by atoms with E-state index in [4.69, 9.17) is 9.84 Å². The van der Waals surface area contributed by atoms with Gasteiger partial charge in [-0.3, -0.25) is 9.59 Å². The second-order valence-corrected chi connectivity index (χ2v) is 8.78. The first kappa shape index (κ1) is 33.1. The van der Waals surface area contributed by atoms with Crippen molar-refractivity contribution in [2.24, 2.45) is 0 Å². The van der Waals surface area contributed by atoms with Crippen LogP contribution in [0.3, 0.4) is 0 Å². The molecule has 0 rings (SSSR count). The van der Waals surface area contributed by atoms with Gasteiger partial charge in [0.2, 0.25) is 0 Å². The number of nitrogens with zero attached hydrogens (tertiary/aromatic N) is 1. The molecule has 0 radical (unpaired) electrons. The van der Waals surface area contributed by atoms with Crippen molar-refractivity contribution in [1.29, 1.82) is 0 Å². The van der Waals surface area contributed by atoms with Gasteiger partial charge < -0.3 is 26.7 Å². The van der Waals surface area contributed by atoms with Crippen LogP contribution in [0.2, 0.25) is 0 Å². The topological polar surface area (TPSA) is 63.6 Å². The summed E-state index contributed by atoms with van der Waals surface area (Å²) in [4.78, 5) is 23.0. The number of carbonyl (C=O) groups excluding carboxylic acids is 1. The average molecular weight is 482 g/mol. The number of hydrogen-bond acceptors (Lipinski definition) is 3. The number of carboxylic acid groups (broad SMARTS) is 1. The van der Waals surface area contributed by atoms with Gasteiger partial charge in [0.15, 0.2) is 6.10 Å². The molecule has 1 N–H and O–H groups in total. The number of allylic oxidation sites excluding steroid dienone is 10. The molecule has 0 amide bonds. The zero-order valence-electron chi connectivity index (χ0n) is 20.9. The first-order chi connectivity index (χ1) is 15.2. The Hall–Kier alpha value is -2.11. The molecule has 0 heterocycles. The van der Waals surface area contributed by atoms with Crippen molar-refractivity contribution in [3.63, 3.8) is 0 Å². The van der Waals surface area contributed by atoms with Crippen LogP contribution in [0.4, 0.5) is 0 Å². The summed E-state index contributed by atoms with van der Waals surface area (Å²) >= 11 is 0. The molecule has 33 heavy (non-hydrogen) atoms. The van der Waals surface area contributed by atoms with Crippen molar-refractivity contribution in [1.82, 2.24) is 0 Å². The van der Waals surface area contributed by atoms with Crippen molar-refractivity contribution in [2.45, 2.75) is 70.8 Å². The van der Waals surface area contributed by atoms with Crippen LogP contribution in [0.15, 0.2) is 60.8 Å². The van der Waals surface area contributed by atoms with E-state index in [-0.39, 0.29) is 24.8 Å². The van der Waals surface area contributed by atoms with Gasteiger partial charge in [-0.05, 0) is 44.9 Å². The van der Waals surface area contributed by atoms with E-state index in [1.165, 1.54) is 0 Å². The summed E-state index contributed by atoms with van der Waals surface area (Å²) < 4.78 is 5.93. The van der Waals surface area contributed by atoms with Gasteiger partial charge in [-0.1, -0.05) is 67.7 Å². The predicted octanol–water partition coefficient (Wildman–Crippen LogP) is 3.00. The van der Waals surface area contributed by atoms with E-state index in [2.05, 4.69) is 67.7 Å². The van der Waals surface area contributed by atoms with Crippen molar-refractivity contribution in [3.05, 3.63) is 60.8 Å². The quantitative estimate of drug-likeness (QED) is 0.141. The number of ether oxygens (including phenoxy) is 1. The third kappa shape index (κ3) is 26.0. The monoisotopic (exact) mass is 481 g/mol. The normalized spacial score (nSPS) is 13.5. The molecule has 0 saturated carbocycles. The van der Waals surface area contributed by atoms with Gasteiger partial charge in [-0.15, -0.1) is 0 Å². The summed E-state index contributed by atoms with van der Waals surface area (Å²) in [6.07, 6.45) is 27.5. The lowest BCUT2D eigenvalue weighted by molar-refractivity contribution is -0.873. The Morgan fingerprint density at radius 3 is 1.70 bits per heavy atom. The van der Waals surface area contributed by atoms with E-state index >= 15 is 0 Å². The second kappa shape index (κ2) is 21.7. The number of rotatable bonds is 18. The maximum absolute atomic E-state index is 12.0. The largest absolute Gasteiger partial charge is 1.00 e. The van der Waals surface area contributed by atoms with E-state index in [1.807, 2.05) is 21.1 Å². The van der Waals surface area contributed by atoms with Crippen LogP contribution in [-0.4, -0.2) is 55.3 Å². The Labute approximate surface area is 207 Å². The van der Waals surface area contributed by atoms with Crippen LogP contribution in [-0.2, 0) is 14.3 Å². The highest BCUT2D eigenvalue weighted by Gasteiger charge is 2.24. The van der Waals surface area contributed by atoms with Gasteiger partial charge in [0, 0.05) is 6.42 Å². The molecule has 0 aromatic heterocycles. The fourth-order valence-electron chi connectivity index (χ4n) is 2.93.